The molecule has 0 spiro atoms. The van der Waals surface area contributed by atoms with Crippen molar-refractivity contribution in [2.75, 3.05) is 5.32 Å². The van der Waals surface area contributed by atoms with Crippen molar-refractivity contribution in [2.24, 2.45) is 0 Å². The maximum absolute atomic E-state index is 14.3. The number of nitrogens with zero attached hydrogens (tertiary/aromatic N) is 2. The minimum Gasteiger partial charge on any atom is -0.465 e. The van der Waals surface area contributed by atoms with Crippen molar-refractivity contribution in [2.45, 2.75) is 57.7 Å². The topological polar surface area (TPSA) is 65.5 Å². The van der Waals surface area contributed by atoms with E-state index in [9.17, 15) is 9.18 Å². The number of anilines is 1. The number of pyridine rings is 1. The molecule has 1 aromatic carbocycles. The van der Waals surface area contributed by atoms with Gasteiger partial charge in [0.25, 0.3) is 0 Å². The van der Waals surface area contributed by atoms with Gasteiger partial charge >= 0.3 is 6.09 Å². The number of hydrogen-bond acceptors (Lipinski definition) is 3. The molecule has 0 radical (unpaired) electrons. The van der Waals surface area contributed by atoms with Crippen molar-refractivity contribution in [1.29, 1.82) is 0 Å². The summed E-state index contributed by atoms with van der Waals surface area (Å²) in [6.07, 6.45) is 7.39. The quantitative estimate of drug-likeness (QED) is 0.807. The summed E-state index contributed by atoms with van der Waals surface area (Å²) in [5.41, 5.74) is 4.13. The molecule has 1 fully saturated rings. The highest BCUT2D eigenvalue weighted by Gasteiger charge is 2.24. The average molecular weight is 369 g/mol. The first kappa shape index (κ1) is 17.8. The number of rotatable bonds is 4. The number of carboxylic acid groups (broad SMARTS) is 1. The second-order valence-electron chi connectivity index (χ2n) is 7.51. The van der Waals surface area contributed by atoms with Crippen LogP contribution >= 0.6 is 0 Å². The average Bonchev–Trinajstić information content (AvgIpc) is 3.10. The summed E-state index contributed by atoms with van der Waals surface area (Å²) in [6.45, 7) is 0.976. The molecular formula is C21H24FN3O2. The Bertz CT molecular complexity index is 832. The van der Waals surface area contributed by atoms with Crippen molar-refractivity contribution in [3.63, 3.8) is 0 Å². The molecule has 1 aromatic heterocycles. The third-order valence-corrected chi connectivity index (χ3v) is 5.67. The van der Waals surface area contributed by atoms with Crippen molar-refractivity contribution in [3.05, 3.63) is 58.7 Å². The van der Waals surface area contributed by atoms with E-state index < -0.39 is 6.09 Å². The van der Waals surface area contributed by atoms with Crippen LogP contribution in [0.25, 0.3) is 0 Å². The zero-order valence-electron chi connectivity index (χ0n) is 15.2. The lowest BCUT2D eigenvalue weighted by molar-refractivity contribution is 0.145. The Balaban J connectivity index is 1.40. The third kappa shape index (κ3) is 3.89. The Hall–Kier alpha value is -2.63. The molecule has 2 aromatic rings. The summed E-state index contributed by atoms with van der Waals surface area (Å²) in [5.74, 6) is 0.263. The Labute approximate surface area is 158 Å². The van der Waals surface area contributed by atoms with Crippen LogP contribution in [0.5, 0.6) is 0 Å². The Morgan fingerprint density at radius 2 is 1.93 bits per heavy atom. The first-order valence-electron chi connectivity index (χ1n) is 9.58. The fourth-order valence-electron chi connectivity index (χ4n) is 4.10. The summed E-state index contributed by atoms with van der Waals surface area (Å²) in [7, 11) is 0. The number of carbonyl (C=O) groups is 1. The van der Waals surface area contributed by atoms with Crippen molar-refractivity contribution in [3.8, 4) is 0 Å². The van der Waals surface area contributed by atoms with Gasteiger partial charge in [-0.3, -0.25) is 9.88 Å². The summed E-state index contributed by atoms with van der Waals surface area (Å²) in [6, 6.07) is 7.29. The normalized spacial score (nSPS) is 17.0. The van der Waals surface area contributed by atoms with Gasteiger partial charge in [0, 0.05) is 19.3 Å². The summed E-state index contributed by atoms with van der Waals surface area (Å²) >= 11 is 0. The lowest BCUT2D eigenvalue weighted by atomic mass is 9.85. The first-order valence-corrected chi connectivity index (χ1v) is 9.58. The van der Waals surface area contributed by atoms with Gasteiger partial charge in [-0.05, 0) is 53.6 Å². The smallest absolute Gasteiger partial charge is 0.407 e. The number of nitrogens with one attached hydrogen (secondary N) is 1. The zero-order chi connectivity index (χ0) is 18.8. The SMILES string of the molecule is O=C(O)N1Cc2cc(F)c(NCc3ccc(C4CCCCC4)cn3)cc2C1. The Kier molecular flexibility index (Phi) is 4.97. The molecule has 0 atom stereocenters. The highest BCUT2D eigenvalue weighted by Crippen LogP contribution is 2.32. The van der Waals surface area contributed by atoms with Crippen LogP contribution in [0, 0.1) is 5.82 Å². The van der Waals surface area contributed by atoms with Gasteiger partial charge in [0.05, 0.1) is 17.9 Å². The highest BCUT2D eigenvalue weighted by molar-refractivity contribution is 5.67. The van der Waals surface area contributed by atoms with E-state index in [1.807, 2.05) is 12.3 Å². The molecule has 0 unspecified atom stereocenters. The van der Waals surface area contributed by atoms with Crippen LogP contribution in [0.1, 0.15) is 60.4 Å². The molecule has 2 aliphatic rings. The predicted octanol–water partition coefficient (Wildman–Crippen LogP) is 4.87. The fraction of sp³-hybridized carbons (Fsp3) is 0.429. The van der Waals surface area contributed by atoms with E-state index in [2.05, 4.69) is 16.4 Å². The molecule has 4 rings (SSSR count). The monoisotopic (exact) mass is 369 g/mol. The van der Waals surface area contributed by atoms with E-state index in [0.717, 1.165) is 16.8 Å². The van der Waals surface area contributed by atoms with E-state index in [-0.39, 0.29) is 12.4 Å². The molecule has 1 amide bonds. The number of hydrogen-bond donors (Lipinski definition) is 2. The van der Waals surface area contributed by atoms with Gasteiger partial charge in [-0.15, -0.1) is 0 Å². The second-order valence-corrected chi connectivity index (χ2v) is 7.51. The summed E-state index contributed by atoms with van der Waals surface area (Å²) < 4.78 is 14.3. The molecule has 6 heteroatoms. The van der Waals surface area contributed by atoms with Crippen molar-refractivity contribution < 1.29 is 14.3 Å². The van der Waals surface area contributed by atoms with Crippen LogP contribution in [0.15, 0.2) is 30.5 Å². The van der Waals surface area contributed by atoms with Crippen LogP contribution in [-0.4, -0.2) is 21.1 Å². The van der Waals surface area contributed by atoms with Crippen molar-refractivity contribution >= 4 is 11.8 Å². The van der Waals surface area contributed by atoms with Gasteiger partial charge in [0.15, 0.2) is 0 Å². The maximum atomic E-state index is 14.3. The van der Waals surface area contributed by atoms with Gasteiger partial charge in [0.2, 0.25) is 0 Å². The third-order valence-electron chi connectivity index (χ3n) is 5.67. The lowest BCUT2D eigenvalue weighted by Crippen LogP contribution is -2.22. The van der Waals surface area contributed by atoms with Gasteiger partial charge in [-0.2, -0.15) is 0 Å². The summed E-state index contributed by atoms with van der Waals surface area (Å²) in [4.78, 5) is 16.9. The van der Waals surface area contributed by atoms with Crippen LogP contribution in [0.2, 0.25) is 0 Å². The molecule has 2 N–H and O–H groups in total. The zero-order valence-corrected chi connectivity index (χ0v) is 15.2. The Morgan fingerprint density at radius 3 is 2.59 bits per heavy atom. The van der Waals surface area contributed by atoms with Crippen LogP contribution in [-0.2, 0) is 19.6 Å². The van der Waals surface area contributed by atoms with E-state index in [1.54, 1.807) is 6.07 Å². The second kappa shape index (κ2) is 7.55. The van der Waals surface area contributed by atoms with Crippen LogP contribution in [0.3, 0.4) is 0 Å². The van der Waals surface area contributed by atoms with E-state index in [1.165, 1.54) is 48.6 Å². The molecule has 1 saturated carbocycles. The van der Waals surface area contributed by atoms with Gasteiger partial charge in [-0.1, -0.05) is 25.3 Å². The van der Waals surface area contributed by atoms with E-state index >= 15 is 0 Å². The van der Waals surface area contributed by atoms with Gasteiger partial charge in [-0.25, -0.2) is 9.18 Å². The molecule has 1 aliphatic carbocycles. The minimum atomic E-state index is -0.983. The highest BCUT2D eigenvalue weighted by atomic mass is 19.1. The molecule has 27 heavy (non-hydrogen) atoms. The largest absolute Gasteiger partial charge is 0.465 e. The molecule has 1 aliphatic heterocycles. The molecule has 0 saturated heterocycles. The molecule has 5 nitrogen and oxygen atoms in total. The van der Waals surface area contributed by atoms with Gasteiger partial charge < -0.3 is 10.4 Å². The number of fused-ring (bicyclic) bond motifs is 1. The Morgan fingerprint density at radius 1 is 1.19 bits per heavy atom. The fourth-order valence-corrected chi connectivity index (χ4v) is 4.10. The maximum Gasteiger partial charge on any atom is 0.407 e. The molecule has 2 heterocycles. The lowest BCUT2D eigenvalue weighted by Gasteiger charge is -2.21. The standard InChI is InChI=1S/C21H24FN3O2/c22-19-8-16-12-25(21(26)27)13-17(16)9-20(19)24-11-18-7-6-15(10-23-18)14-4-2-1-3-5-14/h6-10,14,24H,1-5,11-13H2,(H,26,27). The van der Waals surface area contributed by atoms with E-state index in [4.69, 9.17) is 5.11 Å². The van der Waals surface area contributed by atoms with Gasteiger partial charge in [0.1, 0.15) is 5.82 Å². The minimum absolute atomic E-state index is 0.242. The number of aromatic nitrogens is 1. The number of halogens is 1. The van der Waals surface area contributed by atoms with Crippen LogP contribution in [0.4, 0.5) is 14.9 Å². The van der Waals surface area contributed by atoms with E-state index in [0.29, 0.717) is 24.7 Å². The molecule has 142 valence electrons. The molecule has 0 bridgehead atoms. The van der Waals surface area contributed by atoms with Crippen LogP contribution < -0.4 is 5.32 Å². The first-order chi connectivity index (χ1) is 13.1. The van der Waals surface area contributed by atoms with Crippen molar-refractivity contribution in [1.82, 2.24) is 9.88 Å². The number of amides is 1. The predicted molar refractivity (Wildman–Crippen MR) is 101 cm³/mol. The molecular weight excluding hydrogens is 345 g/mol. The number of benzene rings is 1. The summed E-state index contributed by atoms with van der Waals surface area (Å²) in [5, 5.41) is 12.2.